The Balaban J connectivity index is 2.00. The third-order valence-corrected chi connectivity index (χ3v) is 2.60. The van der Waals surface area contributed by atoms with E-state index in [1.165, 1.54) is 0 Å². The average molecular weight is 242 g/mol. The highest BCUT2D eigenvalue weighted by Crippen LogP contribution is 2.19. The fraction of sp³-hybridized carbons (Fsp3) is 0.308. The lowest BCUT2D eigenvalue weighted by Crippen LogP contribution is -2.07. The highest BCUT2D eigenvalue weighted by Gasteiger charge is 2.06. The van der Waals surface area contributed by atoms with Gasteiger partial charge in [0, 0.05) is 13.0 Å². The third kappa shape index (κ3) is 2.66. The van der Waals surface area contributed by atoms with Gasteiger partial charge in [0.05, 0.1) is 11.3 Å². The first kappa shape index (κ1) is 12.1. The third-order valence-electron chi connectivity index (χ3n) is 2.60. The minimum absolute atomic E-state index is 0.604. The standard InChI is InChI=1S/C13H14N4O/c1-9-4-3-5-11(8-14)13(9)15-7-6-12-16-10(2)17-18-12/h3-5,15H,6-7H2,1-2H3. The predicted octanol–water partition coefficient (Wildman–Crippen LogP) is 2.21. The van der Waals surface area contributed by atoms with E-state index in [4.69, 9.17) is 9.78 Å². The molecule has 0 fully saturated rings. The topological polar surface area (TPSA) is 74.7 Å². The second kappa shape index (κ2) is 5.32. The van der Waals surface area contributed by atoms with Crippen molar-refractivity contribution >= 4 is 5.69 Å². The molecule has 0 aliphatic heterocycles. The molecule has 0 saturated carbocycles. The minimum atomic E-state index is 0.604. The van der Waals surface area contributed by atoms with Crippen molar-refractivity contribution in [3.63, 3.8) is 0 Å². The maximum Gasteiger partial charge on any atom is 0.228 e. The Hall–Kier alpha value is -2.35. The van der Waals surface area contributed by atoms with Gasteiger partial charge in [-0.1, -0.05) is 17.3 Å². The van der Waals surface area contributed by atoms with Crippen LogP contribution in [0, 0.1) is 25.2 Å². The second-order valence-electron chi connectivity index (χ2n) is 4.02. The molecule has 5 heteroatoms. The molecule has 0 unspecified atom stereocenters. The molecule has 92 valence electrons. The number of aryl methyl sites for hydroxylation is 2. The largest absolute Gasteiger partial charge is 0.383 e. The van der Waals surface area contributed by atoms with Crippen molar-refractivity contribution in [2.24, 2.45) is 0 Å². The Morgan fingerprint density at radius 1 is 1.39 bits per heavy atom. The van der Waals surface area contributed by atoms with E-state index in [1.807, 2.05) is 19.1 Å². The van der Waals surface area contributed by atoms with Crippen LogP contribution in [0.1, 0.15) is 22.8 Å². The van der Waals surface area contributed by atoms with Crippen LogP contribution in [0.2, 0.25) is 0 Å². The van der Waals surface area contributed by atoms with Gasteiger partial charge in [0.2, 0.25) is 5.89 Å². The van der Waals surface area contributed by atoms with Gasteiger partial charge >= 0.3 is 0 Å². The molecule has 1 heterocycles. The smallest absolute Gasteiger partial charge is 0.228 e. The number of nitrogens with zero attached hydrogens (tertiary/aromatic N) is 3. The summed E-state index contributed by atoms with van der Waals surface area (Å²) < 4.78 is 5.02. The fourth-order valence-electron chi connectivity index (χ4n) is 1.73. The zero-order chi connectivity index (χ0) is 13.0. The lowest BCUT2D eigenvalue weighted by Gasteiger charge is -2.09. The number of nitrogens with one attached hydrogen (secondary N) is 1. The van der Waals surface area contributed by atoms with Crippen molar-refractivity contribution < 1.29 is 4.52 Å². The Labute approximate surface area is 105 Å². The summed E-state index contributed by atoms with van der Waals surface area (Å²) in [5.41, 5.74) is 2.57. The van der Waals surface area contributed by atoms with Crippen LogP contribution in [0.4, 0.5) is 5.69 Å². The van der Waals surface area contributed by atoms with Crippen molar-refractivity contribution in [3.8, 4) is 6.07 Å². The molecule has 0 saturated heterocycles. The molecule has 1 N–H and O–H groups in total. The van der Waals surface area contributed by atoms with Crippen molar-refractivity contribution in [2.75, 3.05) is 11.9 Å². The maximum atomic E-state index is 9.03. The molecule has 0 aliphatic rings. The lowest BCUT2D eigenvalue weighted by molar-refractivity contribution is 0.377. The normalized spacial score (nSPS) is 10.1. The van der Waals surface area contributed by atoms with Crippen LogP contribution < -0.4 is 5.32 Å². The minimum Gasteiger partial charge on any atom is -0.383 e. The van der Waals surface area contributed by atoms with Crippen LogP contribution in [-0.2, 0) is 6.42 Å². The van der Waals surface area contributed by atoms with Crippen molar-refractivity contribution in [3.05, 3.63) is 41.0 Å². The number of nitriles is 1. The van der Waals surface area contributed by atoms with Crippen molar-refractivity contribution in [1.29, 1.82) is 5.26 Å². The van der Waals surface area contributed by atoms with E-state index in [-0.39, 0.29) is 0 Å². The van der Waals surface area contributed by atoms with Crippen LogP contribution in [0.3, 0.4) is 0 Å². The maximum absolute atomic E-state index is 9.03. The highest BCUT2D eigenvalue weighted by atomic mass is 16.5. The van der Waals surface area contributed by atoms with E-state index < -0.39 is 0 Å². The van der Waals surface area contributed by atoms with E-state index >= 15 is 0 Å². The number of anilines is 1. The van der Waals surface area contributed by atoms with Gasteiger partial charge in [-0.25, -0.2) is 0 Å². The van der Waals surface area contributed by atoms with Crippen LogP contribution >= 0.6 is 0 Å². The van der Waals surface area contributed by atoms with Gasteiger partial charge in [-0.15, -0.1) is 0 Å². The molecular weight excluding hydrogens is 228 g/mol. The first-order valence-corrected chi connectivity index (χ1v) is 5.73. The van der Waals surface area contributed by atoms with Gasteiger partial charge in [0.1, 0.15) is 6.07 Å². The van der Waals surface area contributed by atoms with Crippen LogP contribution in [-0.4, -0.2) is 16.7 Å². The Morgan fingerprint density at radius 3 is 2.89 bits per heavy atom. The van der Waals surface area contributed by atoms with E-state index in [0.29, 0.717) is 30.2 Å². The van der Waals surface area contributed by atoms with Crippen molar-refractivity contribution in [2.45, 2.75) is 20.3 Å². The molecule has 2 rings (SSSR count). The van der Waals surface area contributed by atoms with Gasteiger partial charge in [-0.3, -0.25) is 0 Å². The molecule has 0 bridgehead atoms. The summed E-state index contributed by atoms with van der Waals surface area (Å²) in [7, 11) is 0. The lowest BCUT2D eigenvalue weighted by atomic mass is 10.1. The fourth-order valence-corrected chi connectivity index (χ4v) is 1.73. The molecule has 1 aromatic carbocycles. The summed E-state index contributed by atoms with van der Waals surface area (Å²) in [5.74, 6) is 1.24. The van der Waals surface area contributed by atoms with Crippen LogP contribution in [0.5, 0.6) is 0 Å². The SMILES string of the molecule is Cc1noc(CCNc2c(C)cccc2C#N)n1. The molecule has 1 aromatic heterocycles. The molecule has 0 atom stereocenters. The molecule has 18 heavy (non-hydrogen) atoms. The van der Waals surface area contributed by atoms with E-state index in [9.17, 15) is 0 Å². The van der Waals surface area contributed by atoms with Gasteiger partial charge in [-0.05, 0) is 25.5 Å². The molecule has 0 aliphatic carbocycles. The molecule has 5 nitrogen and oxygen atoms in total. The Kier molecular flexibility index (Phi) is 3.58. The number of benzene rings is 1. The van der Waals surface area contributed by atoms with Gasteiger partial charge in [-0.2, -0.15) is 10.2 Å². The Morgan fingerprint density at radius 2 is 2.22 bits per heavy atom. The Bertz CT molecular complexity index is 583. The average Bonchev–Trinajstić information content (AvgIpc) is 2.77. The molecule has 2 aromatic rings. The number of rotatable bonds is 4. The van der Waals surface area contributed by atoms with E-state index in [2.05, 4.69) is 21.5 Å². The predicted molar refractivity (Wildman–Crippen MR) is 67.1 cm³/mol. The summed E-state index contributed by atoms with van der Waals surface area (Å²) in [4.78, 5) is 4.12. The molecule has 0 radical (unpaired) electrons. The number of para-hydroxylation sites is 1. The summed E-state index contributed by atoms with van der Waals surface area (Å²) in [5, 5.41) is 16.0. The molecule has 0 spiro atoms. The monoisotopic (exact) mass is 242 g/mol. The zero-order valence-corrected chi connectivity index (χ0v) is 10.4. The summed E-state index contributed by atoms with van der Waals surface area (Å²) in [6, 6.07) is 7.82. The number of hydrogen-bond donors (Lipinski definition) is 1. The summed E-state index contributed by atoms with van der Waals surface area (Å²) in [6.07, 6.45) is 0.639. The van der Waals surface area contributed by atoms with Crippen LogP contribution in [0.15, 0.2) is 22.7 Å². The summed E-state index contributed by atoms with van der Waals surface area (Å²) >= 11 is 0. The second-order valence-corrected chi connectivity index (χ2v) is 4.02. The quantitative estimate of drug-likeness (QED) is 0.889. The molecular formula is C13H14N4O. The van der Waals surface area contributed by atoms with E-state index in [1.54, 1.807) is 13.0 Å². The summed E-state index contributed by atoms with van der Waals surface area (Å²) in [6.45, 7) is 4.41. The first-order chi connectivity index (χ1) is 8.70. The van der Waals surface area contributed by atoms with Gasteiger partial charge in [0.15, 0.2) is 5.82 Å². The zero-order valence-electron chi connectivity index (χ0n) is 10.4. The number of hydrogen-bond acceptors (Lipinski definition) is 5. The van der Waals surface area contributed by atoms with E-state index in [0.717, 1.165) is 11.3 Å². The highest BCUT2D eigenvalue weighted by molar-refractivity contribution is 5.62. The van der Waals surface area contributed by atoms with Crippen molar-refractivity contribution in [1.82, 2.24) is 10.1 Å². The molecule has 0 amide bonds. The van der Waals surface area contributed by atoms with Gasteiger partial charge < -0.3 is 9.84 Å². The van der Waals surface area contributed by atoms with Crippen LogP contribution in [0.25, 0.3) is 0 Å². The first-order valence-electron chi connectivity index (χ1n) is 5.73. The van der Waals surface area contributed by atoms with Gasteiger partial charge in [0.25, 0.3) is 0 Å². The number of aromatic nitrogens is 2.